The zero-order chi connectivity index (χ0) is 26.3. The molecule has 1 aliphatic rings. The molecule has 1 saturated heterocycles. The van der Waals surface area contributed by atoms with Gasteiger partial charge in [-0.25, -0.2) is 4.79 Å². The van der Waals surface area contributed by atoms with Gasteiger partial charge in [0.15, 0.2) is 0 Å². The van der Waals surface area contributed by atoms with E-state index in [1.165, 1.54) is 5.56 Å². The molecule has 0 aliphatic carbocycles. The van der Waals surface area contributed by atoms with Crippen molar-refractivity contribution in [2.45, 2.75) is 92.7 Å². The van der Waals surface area contributed by atoms with Crippen LogP contribution in [0.4, 0.5) is 4.79 Å². The Morgan fingerprint density at radius 2 is 1.79 bits per heavy atom. The summed E-state index contributed by atoms with van der Waals surface area (Å²) in [4.78, 5) is 15.0. The topological polar surface area (TPSA) is 64.6 Å². The van der Waals surface area contributed by atoms with Gasteiger partial charge >= 0.3 is 6.03 Å². The lowest BCUT2D eigenvalue weighted by Crippen LogP contribution is -2.55. The van der Waals surface area contributed by atoms with E-state index in [0.29, 0.717) is 12.3 Å². The van der Waals surface area contributed by atoms with Gasteiger partial charge in [-0.15, -0.1) is 0 Å². The molecule has 3 unspecified atom stereocenters. The van der Waals surface area contributed by atoms with Crippen LogP contribution < -0.4 is 10.6 Å². The maximum Gasteiger partial charge on any atom is 0.315 e. The van der Waals surface area contributed by atoms with Crippen molar-refractivity contribution in [3.8, 4) is 0 Å². The number of hydrogen-bond donors (Lipinski definition) is 3. The minimum atomic E-state index is -0.918. The molecule has 1 aromatic rings. The number of halogens is 1. The van der Waals surface area contributed by atoms with Gasteiger partial charge in [-0.3, -0.25) is 0 Å². The Balaban J connectivity index is 0.00000281. The SMILES string of the molecule is C=C(C(NC(=O)NCC(C)(O)CC)C(C)(C)C)N1CCC(c2ccc(Cl)cc2)C(C)(C)C1.CC. The maximum atomic E-state index is 12.6. The first kappa shape index (κ1) is 30.3. The second-order valence-corrected chi connectivity index (χ2v) is 11.7. The first-order chi connectivity index (χ1) is 15.7. The highest BCUT2D eigenvalue weighted by Gasteiger charge is 2.40. The van der Waals surface area contributed by atoms with Crippen LogP contribution in [0.5, 0.6) is 0 Å². The minimum Gasteiger partial charge on any atom is -0.388 e. The largest absolute Gasteiger partial charge is 0.388 e. The molecule has 1 heterocycles. The van der Waals surface area contributed by atoms with E-state index in [-0.39, 0.29) is 29.4 Å². The third-order valence-electron chi connectivity index (χ3n) is 6.77. The van der Waals surface area contributed by atoms with Crippen LogP contribution in [-0.2, 0) is 0 Å². The van der Waals surface area contributed by atoms with Crippen LogP contribution in [-0.4, -0.2) is 47.3 Å². The second-order valence-electron chi connectivity index (χ2n) is 11.3. The number of rotatable bonds is 7. The lowest BCUT2D eigenvalue weighted by molar-refractivity contribution is 0.0576. The second kappa shape index (κ2) is 12.3. The summed E-state index contributed by atoms with van der Waals surface area (Å²) in [7, 11) is 0. The van der Waals surface area contributed by atoms with Crippen LogP contribution in [0.1, 0.15) is 86.6 Å². The fourth-order valence-corrected chi connectivity index (χ4v) is 4.60. The molecule has 0 spiro atoms. The Bertz CT molecular complexity index is 797. The summed E-state index contributed by atoms with van der Waals surface area (Å²) in [6.07, 6.45) is 1.58. The van der Waals surface area contributed by atoms with Gasteiger partial charge in [-0.05, 0) is 54.2 Å². The monoisotopic (exact) mass is 493 g/mol. The Labute approximate surface area is 213 Å². The van der Waals surface area contributed by atoms with Crippen molar-refractivity contribution >= 4 is 17.6 Å². The van der Waals surface area contributed by atoms with Gasteiger partial charge in [-0.1, -0.05) is 85.7 Å². The smallest absolute Gasteiger partial charge is 0.315 e. The van der Waals surface area contributed by atoms with Crippen LogP contribution in [0.25, 0.3) is 0 Å². The molecule has 0 saturated carbocycles. The van der Waals surface area contributed by atoms with Crippen LogP contribution in [0, 0.1) is 10.8 Å². The van der Waals surface area contributed by atoms with E-state index in [0.717, 1.165) is 30.2 Å². The highest BCUT2D eigenvalue weighted by Crippen LogP contribution is 2.44. The predicted octanol–water partition coefficient (Wildman–Crippen LogP) is 6.57. The van der Waals surface area contributed by atoms with E-state index in [9.17, 15) is 9.90 Å². The van der Waals surface area contributed by atoms with Crippen molar-refractivity contribution in [2.24, 2.45) is 10.8 Å². The number of benzene rings is 1. The molecule has 5 nitrogen and oxygen atoms in total. The fraction of sp³-hybridized carbons (Fsp3) is 0.679. The third-order valence-corrected chi connectivity index (χ3v) is 7.03. The maximum absolute atomic E-state index is 12.6. The van der Waals surface area contributed by atoms with E-state index in [1.54, 1.807) is 6.92 Å². The average molecular weight is 494 g/mol. The average Bonchev–Trinajstić information content (AvgIpc) is 2.76. The zero-order valence-corrected chi connectivity index (χ0v) is 23.6. The number of nitrogens with zero attached hydrogens (tertiary/aromatic N) is 1. The molecule has 1 fully saturated rings. The van der Waals surface area contributed by atoms with Crippen molar-refractivity contribution in [3.05, 3.63) is 47.1 Å². The minimum absolute atomic E-state index is 0.0412. The van der Waals surface area contributed by atoms with E-state index in [2.05, 4.69) is 68.9 Å². The number of piperidine rings is 1. The summed E-state index contributed by atoms with van der Waals surface area (Å²) in [6.45, 7) is 24.9. The summed E-state index contributed by atoms with van der Waals surface area (Å²) >= 11 is 6.09. The molecule has 3 atom stereocenters. The molecular formula is C28H48ClN3O2. The van der Waals surface area contributed by atoms with E-state index in [1.807, 2.05) is 32.9 Å². The highest BCUT2D eigenvalue weighted by molar-refractivity contribution is 6.30. The van der Waals surface area contributed by atoms with Crippen molar-refractivity contribution in [3.63, 3.8) is 0 Å². The summed E-state index contributed by atoms with van der Waals surface area (Å²) in [5.74, 6) is 0.435. The van der Waals surface area contributed by atoms with Gasteiger partial charge in [-0.2, -0.15) is 0 Å². The van der Waals surface area contributed by atoms with Crippen LogP contribution in [0.2, 0.25) is 5.02 Å². The fourth-order valence-electron chi connectivity index (χ4n) is 4.47. The number of carbonyl (C=O) groups is 1. The van der Waals surface area contributed by atoms with E-state index >= 15 is 0 Å². The Morgan fingerprint density at radius 3 is 2.26 bits per heavy atom. The molecule has 1 aromatic carbocycles. The number of urea groups is 1. The van der Waals surface area contributed by atoms with Crippen molar-refractivity contribution in [1.29, 1.82) is 0 Å². The first-order valence-electron chi connectivity index (χ1n) is 12.6. The van der Waals surface area contributed by atoms with E-state index in [4.69, 9.17) is 11.6 Å². The van der Waals surface area contributed by atoms with Gasteiger partial charge in [0, 0.05) is 30.4 Å². The number of likely N-dealkylation sites (tertiary alicyclic amines) is 1. The van der Waals surface area contributed by atoms with E-state index < -0.39 is 5.60 Å². The van der Waals surface area contributed by atoms with Gasteiger partial charge in [0.25, 0.3) is 0 Å². The zero-order valence-electron chi connectivity index (χ0n) is 22.9. The standard InChI is InChI=1S/C26H42ClN3O2.C2H6/c1-9-26(8,32)16-28-23(31)29-22(24(3,4)5)18(2)30-15-14-21(25(6,7)17-30)19-10-12-20(27)13-11-19;1-2/h10-13,21-22,32H,2,9,14-17H2,1,3-8H3,(H2,28,29,31);1-2H3. The van der Waals surface area contributed by atoms with Crippen LogP contribution in [0.15, 0.2) is 36.5 Å². The number of carbonyl (C=O) groups excluding carboxylic acids is 1. The molecule has 0 bridgehead atoms. The number of aliphatic hydroxyl groups is 1. The molecule has 194 valence electrons. The van der Waals surface area contributed by atoms with Crippen LogP contribution in [0.3, 0.4) is 0 Å². The van der Waals surface area contributed by atoms with Crippen molar-refractivity contribution in [2.75, 3.05) is 19.6 Å². The molecule has 0 radical (unpaired) electrons. The third kappa shape index (κ3) is 8.49. The summed E-state index contributed by atoms with van der Waals surface area (Å²) in [5.41, 5.74) is 1.16. The lowest BCUT2D eigenvalue weighted by atomic mass is 9.70. The summed E-state index contributed by atoms with van der Waals surface area (Å²) in [6, 6.07) is 7.69. The molecular weight excluding hydrogens is 446 g/mol. The summed E-state index contributed by atoms with van der Waals surface area (Å²) < 4.78 is 0. The molecule has 2 amide bonds. The number of hydrogen-bond acceptors (Lipinski definition) is 3. The van der Waals surface area contributed by atoms with Crippen LogP contribution >= 0.6 is 11.6 Å². The van der Waals surface area contributed by atoms with Crippen molar-refractivity contribution < 1.29 is 9.90 Å². The first-order valence-corrected chi connectivity index (χ1v) is 13.0. The molecule has 2 rings (SSSR count). The van der Waals surface area contributed by atoms with Gasteiger partial charge in [0.05, 0.1) is 11.6 Å². The highest BCUT2D eigenvalue weighted by atomic mass is 35.5. The normalized spacial score (nSPS) is 20.3. The molecule has 3 N–H and O–H groups in total. The van der Waals surface area contributed by atoms with Crippen molar-refractivity contribution in [1.82, 2.24) is 15.5 Å². The quantitative estimate of drug-likeness (QED) is 0.402. The number of nitrogens with one attached hydrogen (secondary N) is 2. The lowest BCUT2D eigenvalue weighted by Gasteiger charge is -2.48. The summed E-state index contributed by atoms with van der Waals surface area (Å²) in [5, 5.41) is 16.9. The number of amides is 2. The molecule has 1 aliphatic heterocycles. The molecule has 6 heteroatoms. The predicted molar refractivity (Wildman–Crippen MR) is 145 cm³/mol. The van der Waals surface area contributed by atoms with Gasteiger partial charge < -0.3 is 20.6 Å². The Hall–Kier alpha value is -1.72. The van der Waals surface area contributed by atoms with Gasteiger partial charge in [0.2, 0.25) is 0 Å². The molecule has 34 heavy (non-hydrogen) atoms. The Kier molecular flexibility index (Phi) is 11.0. The Morgan fingerprint density at radius 1 is 1.24 bits per heavy atom. The van der Waals surface area contributed by atoms with Gasteiger partial charge in [0.1, 0.15) is 0 Å². The molecule has 0 aromatic heterocycles.